The summed E-state index contributed by atoms with van der Waals surface area (Å²) in [4.78, 5) is 12.6. The molecule has 1 aliphatic rings. The third kappa shape index (κ3) is 4.75. The summed E-state index contributed by atoms with van der Waals surface area (Å²) in [6.07, 6.45) is 1.11. The van der Waals surface area contributed by atoms with Gasteiger partial charge in [0.05, 0.1) is 21.7 Å². The normalized spacial score (nSPS) is 18.1. The number of hydrogen-bond donors (Lipinski definition) is 1. The van der Waals surface area contributed by atoms with E-state index in [2.05, 4.69) is 5.32 Å². The number of amides is 1. The number of halogens is 4. The molecule has 1 aliphatic heterocycles. The first-order chi connectivity index (χ1) is 13.2. The van der Waals surface area contributed by atoms with Gasteiger partial charge in [0.1, 0.15) is 4.90 Å². The van der Waals surface area contributed by atoms with Gasteiger partial charge in [-0.05, 0) is 49.2 Å². The first kappa shape index (κ1) is 21.7. The molecular weight excluding hydrogens is 466 g/mol. The number of hydrogen-bond acceptors (Lipinski definition) is 3. The van der Waals surface area contributed by atoms with Crippen molar-refractivity contribution in [3.05, 3.63) is 56.5 Å². The van der Waals surface area contributed by atoms with E-state index in [0.717, 1.165) is 0 Å². The number of nitrogens with one attached hydrogen (secondary N) is 1. The fourth-order valence-corrected chi connectivity index (χ4v) is 5.73. The molecule has 1 heterocycles. The molecule has 1 amide bonds. The zero-order valence-corrected chi connectivity index (χ0v) is 18.3. The van der Waals surface area contributed by atoms with Crippen molar-refractivity contribution < 1.29 is 13.2 Å². The average Bonchev–Trinajstić information content (AvgIpc) is 2.66. The van der Waals surface area contributed by atoms with E-state index in [1.165, 1.54) is 28.6 Å². The molecule has 150 valence electrons. The van der Waals surface area contributed by atoms with Crippen LogP contribution in [0.3, 0.4) is 0 Å². The van der Waals surface area contributed by atoms with Gasteiger partial charge < -0.3 is 5.32 Å². The highest BCUT2D eigenvalue weighted by molar-refractivity contribution is 7.89. The third-order valence-electron chi connectivity index (χ3n) is 4.45. The number of benzene rings is 2. The van der Waals surface area contributed by atoms with Crippen molar-refractivity contribution >= 4 is 68.0 Å². The molecule has 0 saturated carbocycles. The van der Waals surface area contributed by atoms with Crippen LogP contribution in [0.25, 0.3) is 0 Å². The zero-order valence-electron chi connectivity index (χ0n) is 14.5. The summed E-state index contributed by atoms with van der Waals surface area (Å²) in [5.41, 5.74) is 0.425. The molecule has 5 nitrogen and oxygen atoms in total. The van der Waals surface area contributed by atoms with Gasteiger partial charge in [-0.2, -0.15) is 4.31 Å². The maximum Gasteiger partial charge on any atom is 0.244 e. The van der Waals surface area contributed by atoms with Crippen molar-refractivity contribution in [3.8, 4) is 0 Å². The summed E-state index contributed by atoms with van der Waals surface area (Å²) in [6, 6.07) is 9.01. The van der Waals surface area contributed by atoms with Crippen molar-refractivity contribution in [1.29, 1.82) is 0 Å². The largest absolute Gasteiger partial charge is 0.324 e. The zero-order chi connectivity index (χ0) is 20.5. The highest BCUT2D eigenvalue weighted by Gasteiger charge is 2.34. The monoisotopic (exact) mass is 480 g/mol. The predicted molar refractivity (Wildman–Crippen MR) is 113 cm³/mol. The molecule has 10 heteroatoms. The van der Waals surface area contributed by atoms with Crippen LogP contribution < -0.4 is 5.32 Å². The number of piperidine rings is 1. The maximum absolute atomic E-state index is 13.0. The quantitative estimate of drug-likeness (QED) is 0.640. The summed E-state index contributed by atoms with van der Waals surface area (Å²) in [5, 5.41) is 3.87. The Bertz CT molecular complexity index is 1010. The van der Waals surface area contributed by atoms with Gasteiger partial charge in [-0.25, -0.2) is 8.42 Å². The molecule has 1 N–H and O–H groups in total. The van der Waals surface area contributed by atoms with E-state index in [4.69, 9.17) is 46.4 Å². The smallest absolute Gasteiger partial charge is 0.244 e. The van der Waals surface area contributed by atoms with Crippen LogP contribution in [0.2, 0.25) is 20.1 Å². The lowest BCUT2D eigenvalue weighted by molar-refractivity contribution is -0.120. The number of carbonyl (C=O) groups is 1. The third-order valence-corrected chi connectivity index (χ3v) is 7.58. The van der Waals surface area contributed by atoms with E-state index in [1.54, 1.807) is 12.1 Å². The number of nitrogens with zero attached hydrogens (tertiary/aromatic N) is 1. The standard InChI is InChI=1S/C18H16Cl4N2O3S/c19-12-4-6-16(15(22)8-12)23-18(25)11-2-1-7-24(10-11)28(26,27)17-9-13(20)3-5-14(17)21/h3-6,8-9,11H,1-2,7,10H2,(H,23,25)/t11-/m0/s1. The molecular formula is C18H16Cl4N2O3S. The van der Waals surface area contributed by atoms with E-state index in [0.29, 0.717) is 35.1 Å². The summed E-state index contributed by atoms with van der Waals surface area (Å²) in [6.45, 7) is 0.346. The van der Waals surface area contributed by atoms with Crippen molar-refractivity contribution in [1.82, 2.24) is 4.31 Å². The van der Waals surface area contributed by atoms with Crippen LogP contribution in [0, 0.1) is 5.92 Å². The average molecular weight is 482 g/mol. The van der Waals surface area contributed by atoms with E-state index in [9.17, 15) is 13.2 Å². The van der Waals surface area contributed by atoms with Gasteiger partial charge in [0.15, 0.2) is 0 Å². The van der Waals surface area contributed by atoms with Crippen molar-refractivity contribution in [2.45, 2.75) is 17.7 Å². The van der Waals surface area contributed by atoms with Crippen LogP contribution in [-0.4, -0.2) is 31.7 Å². The van der Waals surface area contributed by atoms with E-state index < -0.39 is 15.9 Å². The first-order valence-corrected chi connectivity index (χ1v) is 11.3. The Balaban J connectivity index is 1.78. The van der Waals surface area contributed by atoms with Crippen molar-refractivity contribution in [2.75, 3.05) is 18.4 Å². The molecule has 1 fully saturated rings. The molecule has 1 atom stereocenters. The van der Waals surface area contributed by atoms with Gasteiger partial charge >= 0.3 is 0 Å². The lowest BCUT2D eigenvalue weighted by Gasteiger charge is -2.31. The minimum Gasteiger partial charge on any atom is -0.324 e. The summed E-state index contributed by atoms with van der Waals surface area (Å²) >= 11 is 24.0. The van der Waals surface area contributed by atoms with Crippen LogP contribution in [0.15, 0.2) is 41.3 Å². The van der Waals surface area contributed by atoms with Gasteiger partial charge in [0.25, 0.3) is 0 Å². The second-order valence-electron chi connectivity index (χ2n) is 6.39. The molecule has 3 rings (SSSR count). The van der Waals surface area contributed by atoms with Gasteiger partial charge in [0, 0.05) is 23.1 Å². The molecule has 0 aliphatic carbocycles. The molecule has 28 heavy (non-hydrogen) atoms. The summed E-state index contributed by atoms with van der Waals surface area (Å²) in [7, 11) is -3.87. The lowest BCUT2D eigenvalue weighted by Crippen LogP contribution is -2.43. The highest BCUT2D eigenvalue weighted by Crippen LogP contribution is 2.31. The Kier molecular flexibility index (Phi) is 6.80. The van der Waals surface area contributed by atoms with E-state index >= 15 is 0 Å². The molecule has 2 aromatic rings. The minimum atomic E-state index is -3.87. The fraction of sp³-hybridized carbons (Fsp3) is 0.278. The summed E-state index contributed by atoms with van der Waals surface area (Å²) in [5.74, 6) is -0.824. The molecule has 2 aromatic carbocycles. The van der Waals surface area contributed by atoms with E-state index in [-0.39, 0.29) is 27.4 Å². The Morgan fingerprint density at radius 1 is 1.00 bits per heavy atom. The second kappa shape index (κ2) is 8.78. The topological polar surface area (TPSA) is 66.5 Å². The molecule has 0 spiro atoms. The fourth-order valence-electron chi connectivity index (χ4n) is 3.01. The number of anilines is 1. The van der Waals surface area contributed by atoms with Gasteiger partial charge in [-0.1, -0.05) is 46.4 Å². The first-order valence-electron chi connectivity index (χ1n) is 8.39. The van der Waals surface area contributed by atoms with Gasteiger partial charge in [-0.15, -0.1) is 0 Å². The number of carbonyl (C=O) groups excluding carboxylic acids is 1. The molecule has 1 saturated heterocycles. The Labute approximate surface area is 183 Å². The van der Waals surface area contributed by atoms with Gasteiger partial charge in [0.2, 0.25) is 15.9 Å². The lowest BCUT2D eigenvalue weighted by atomic mass is 9.99. The SMILES string of the molecule is O=C(Nc1ccc(Cl)cc1Cl)[C@H]1CCCN(S(=O)(=O)c2cc(Cl)ccc2Cl)C1. The van der Waals surface area contributed by atoms with Crippen LogP contribution in [0.5, 0.6) is 0 Å². The van der Waals surface area contributed by atoms with E-state index in [1.807, 2.05) is 0 Å². The van der Waals surface area contributed by atoms with Crippen LogP contribution >= 0.6 is 46.4 Å². The van der Waals surface area contributed by atoms with Crippen molar-refractivity contribution in [2.24, 2.45) is 5.92 Å². The Hall–Kier alpha value is -1.02. The molecule has 0 aromatic heterocycles. The van der Waals surface area contributed by atoms with Crippen LogP contribution in [0.4, 0.5) is 5.69 Å². The van der Waals surface area contributed by atoms with Crippen LogP contribution in [0.1, 0.15) is 12.8 Å². The van der Waals surface area contributed by atoms with Gasteiger partial charge in [-0.3, -0.25) is 4.79 Å². The Morgan fingerprint density at radius 3 is 2.39 bits per heavy atom. The molecule has 0 bridgehead atoms. The van der Waals surface area contributed by atoms with Crippen molar-refractivity contribution in [3.63, 3.8) is 0 Å². The Morgan fingerprint density at radius 2 is 1.68 bits per heavy atom. The molecule has 0 radical (unpaired) electrons. The maximum atomic E-state index is 13.0. The highest BCUT2D eigenvalue weighted by atomic mass is 35.5. The molecule has 0 unspecified atom stereocenters. The second-order valence-corrected chi connectivity index (χ2v) is 9.98. The summed E-state index contributed by atoms with van der Waals surface area (Å²) < 4.78 is 27.3. The van der Waals surface area contributed by atoms with Crippen LogP contribution in [-0.2, 0) is 14.8 Å². The minimum absolute atomic E-state index is 0.0439. The number of rotatable bonds is 4. The predicted octanol–water partition coefficient (Wildman–Crippen LogP) is 5.34. The number of sulfonamides is 1.